The lowest BCUT2D eigenvalue weighted by Gasteiger charge is -2.01. The predicted molar refractivity (Wildman–Crippen MR) is 72.8 cm³/mol. The Bertz CT molecular complexity index is 593. The minimum Gasteiger partial charge on any atom is -0.152 e. The zero-order chi connectivity index (χ0) is 10.3. The molecule has 0 N–H and O–H groups in total. The summed E-state index contributed by atoms with van der Waals surface area (Å²) in [4.78, 5) is 0. The average Bonchev–Trinajstić information content (AvgIpc) is 2.88. The zero-order valence-corrected chi connectivity index (χ0v) is 11.0. The quantitative estimate of drug-likeness (QED) is 0.564. The highest BCUT2D eigenvalue weighted by Crippen LogP contribution is 2.37. The lowest BCUT2D eigenvalue weighted by atomic mass is 10.1. The Morgan fingerprint density at radius 2 is 1.93 bits per heavy atom. The Kier molecular flexibility index (Phi) is 2.39. The molecular weight excluding hydrogens is 288 g/mol. The largest absolute Gasteiger partial charge is 0.152 e. The number of benzene rings is 1. The standard InChI is InChI=1S/C12H7BrS2/c13-11-2-1-9(8-3-5-14-7-8)12-10(11)4-6-15-12/h1-7H. The van der Waals surface area contributed by atoms with E-state index in [4.69, 9.17) is 0 Å². The van der Waals surface area contributed by atoms with Crippen LogP contribution in [0.5, 0.6) is 0 Å². The van der Waals surface area contributed by atoms with Crippen LogP contribution < -0.4 is 0 Å². The first-order chi connectivity index (χ1) is 7.36. The molecule has 0 unspecified atom stereocenters. The minimum absolute atomic E-state index is 1.18. The number of rotatable bonds is 1. The number of thiophene rings is 2. The van der Waals surface area contributed by atoms with Gasteiger partial charge in [0.2, 0.25) is 0 Å². The van der Waals surface area contributed by atoms with Crippen molar-refractivity contribution in [1.29, 1.82) is 0 Å². The molecule has 3 aromatic rings. The van der Waals surface area contributed by atoms with Gasteiger partial charge in [-0.2, -0.15) is 11.3 Å². The molecule has 3 rings (SSSR count). The molecule has 0 nitrogen and oxygen atoms in total. The van der Waals surface area contributed by atoms with E-state index in [0.29, 0.717) is 0 Å². The van der Waals surface area contributed by atoms with Gasteiger partial charge in [0.05, 0.1) is 0 Å². The van der Waals surface area contributed by atoms with Gasteiger partial charge < -0.3 is 0 Å². The smallest absolute Gasteiger partial charge is 0.0432 e. The Balaban J connectivity index is 2.37. The average molecular weight is 295 g/mol. The van der Waals surface area contributed by atoms with Crippen LogP contribution in [0.4, 0.5) is 0 Å². The van der Waals surface area contributed by atoms with Gasteiger partial charge in [0.15, 0.2) is 0 Å². The van der Waals surface area contributed by atoms with E-state index < -0.39 is 0 Å². The van der Waals surface area contributed by atoms with Crippen molar-refractivity contribution < 1.29 is 0 Å². The Morgan fingerprint density at radius 1 is 1.00 bits per heavy atom. The van der Waals surface area contributed by atoms with Crippen LogP contribution in [0.2, 0.25) is 0 Å². The van der Waals surface area contributed by atoms with E-state index in [9.17, 15) is 0 Å². The predicted octanol–water partition coefficient (Wildman–Crippen LogP) is 5.39. The highest BCUT2D eigenvalue weighted by molar-refractivity contribution is 9.10. The maximum absolute atomic E-state index is 3.58. The maximum Gasteiger partial charge on any atom is 0.0432 e. The van der Waals surface area contributed by atoms with Crippen molar-refractivity contribution in [2.45, 2.75) is 0 Å². The van der Waals surface area contributed by atoms with Gasteiger partial charge in [-0.05, 0) is 39.9 Å². The molecule has 74 valence electrons. The molecule has 0 spiro atoms. The van der Waals surface area contributed by atoms with Crippen LogP contribution in [0, 0.1) is 0 Å². The first kappa shape index (κ1) is 9.58. The summed E-state index contributed by atoms with van der Waals surface area (Å²) in [6.07, 6.45) is 0. The van der Waals surface area contributed by atoms with Crippen molar-refractivity contribution in [1.82, 2.24) is 0 Å². The molecule has 0 atom stereocenters. The van der Waals surface area contributed by atoms with E-state index in [2.05, 4.69) is 56.3 Å². The third-order valence-electron chi connectivity index (χ3n) is 2.40. The van der Waals surface area contributed by atoms with Gasteiger partial charge in [-0.1, -0.05) is 22.0 Å². The van der Waals surface area contributed by atoms with Crippen LogP contribution in [0.15, 0.2) is 44.9 Å². The third-order valence-corrected chi connectivity index (χ3v) is 4.72. The highest BCUT2D eigenvalue weighted by atomic mass is 79.9. The topological polar surface area (TPSA) is 0 Å². The summed E-state index contributed by atoms with van der Waals surface area (Å²) in [5, 5.41) is 7.77. The van der Waals surface area contributed by atoms with Gasteiger partial charge >= 0.3 is 0 Å². The molecule has 1 aromatic carbocycles. The lowest BCUT2D eigenvalue weighted by Crippen LogP contribution is -1.75. The van der Waals surface area contributed by atoms with E-state index in [-0.39, 0.29) is 0 Å². The van der Waals surface area contributed by atoms with Gasteiger partial charge in [0.1, 0.15) is 0 Å². The molecule has 0 fully saturated rings. The first-order valence-electron chi connectivity index (χ1n) is 4.54. The van der Waals surface area contributed by atoms with Crippen LogP contribution in [-0.4, -0.2) is 0 Å². The summed E-state index contributed by atoms with van der Waals surface area (Å²) in [6, 6.07) is 8.65. The molecule has 0 aliphatic heterocycles. The molecule has 0 amide bonds. The first-order valence-corrected chi connectivity index (χ1v) is 7.16. The van der Waals surface area contributed by atoms with Gasteiger partial charge in [0, 0.05) is 20.1 Å². The summed E-state index contributed by atoms with van der Waals surface area (Å²) in [5.74, 6) is 0. The molecule has 0 aliphatic carbocycles. The SMILES string of the molecule is Brc1ccc(-c2ccsc2)c2sccc12. The number of fused-ring (bicyclic) bond motifs is 1. The third kappa shape index (κ3) is 1.55. The van der Waals surface area contributed by atoms with Gasteiger partial charge in [-0.25, -0.2) is 0 Å². The summed E-state index contributed by atoms with van der Waals surface area (Å²) in [7, 11) is 0. The van der Waals surface area contributed by atoms with Crippen molar-refractivity contribution in [3.63, 3.8) is 0 Å². The van der Waals surface area contributed by atoms with Gasteiger partial charge in [0.25, 0.3) is 0 Å². The van der Waals surface area contributed by atoms with Gasteiger partial charge in [-0.15, -0.1) is 11.3 Å². The highest BCUT2D eigenvalue weighted by Gasteiger charge is 2.07. The number of hydrogen-bond donors (Lipinski definition) is 0. The fourth-order valence-electron chi connectivity index (χ4n) is 1.67. The van der Waals surface area contributed by atoms with Crippen LogP contribution in [0.1, 0.15) is 0 Å². The van der Waals surface area contributed by atoms with Crippen molar-refractivity contribution in [2.75, 3.05) is 0 Å². The fraction of sp³-hybridized carbons (Fsp3) is 0. The van der Waals surface area contributed by atoms with Crippen LogP contribution in [-0.2, 0) is 0 Å². The van der Waals surface area contributed by atoms with E-state index >= 15 is 0 Å². The molecule has 0 bridgehead atoms. The lowest BCUT2D eigenvalue weighted by molar-refractivity contribution is 1.75. The maximum atomic E-state index is 3.58. The van der Waals surface area contributed by atoms with Gasteiger partial charge in [-0.3, -0.25) is 0 Å². The molecule has 3 heteroatoms. The summed E-state index contributed by atoms with van der Waals surface area (Å²) in [6.45, 7) is 0. The van der Waals surface area contributed by atoms with Crippen LogP contribution in [0.3, 0.4) is 0 Å². The Labute approximate surface area is 104 Å². The normalized spacial score (nSPS) is 11.0. The Hall–Kier alpha value is -0.640. The molecular formula is C12H7BrS2. The van der Waals surface area contributed by atoms with Crippen molar-refractivity contribution in [2.24, 2.45) is 0 Å². The van der Waals surface area contributed by atoms with Crippen LogP contribution >= 0.6 is 38.6 Å². The molecule has 15 heavy (non-hydrogen) atoms. The molecule has 2 aromatic heterocycles. The summed E-state index contributed by atoms with van der Waals surface area (Å²) >= 11 is 7.13. The molecule has 0 saturated carbocycles. The minimum atomic E-state index is 1.18. The van der Waals surface area contributed by atoms with Crippen molar-refractivity contribution in [3.8, 4) is 11.1 Å². The monoisotopic (exact) mass is 294 g/mol. The molecule has 0 saturated heterocycles. The van der Waals surface area contributed by atoms with E-state index in [1.807, 2.05) is 0 Å². The number of hydrogen-bond acceptors (Lipinski definition) is 2. The van der Waals surface area contributed by atoms with E-state index in [0.717, 1.165) is 0 Å². The zero-order valence-electron chi connectivity index (χ0n) is 7.74. The number of halogens is 1. The molecule has 0 radical (unpaired) electrons. The van der Waals surface area contributed by atoms with Crippen LogP contribution in [0.25, 0.3) is 21.2 Å². The molecule has 2 heterocycles. The second-order valence-electron chi connectivity index (χ2n) is 3.27. The summed E-state index contributed by atoms with van der Waals surface area (Å²) < 4.78 is 2.54. The van der Waals surface area contributed by atoms with Crippen molar-refractivity contribution in [3.05, 3.63) is 44.9 Å². The second-order valence-corrected chi connectivity index (χ2v) is 5.82. The van der Waals surface area contributed by atoms with E-state index in [1.54, 1.807) is 22.7 Å². The van der Waals surface area contributed by atoms with E-state index in [1.165, 1.54) is 25.7 Å². The fourth-order valence-corrected chi connectivity index (χ4v) is 3.88. The Morgan fingerprint density at radius 3 is 2.73 bits per heavy atom. The van der Waals surface area contributed by atoms with Crippen molar-refractivity contribution >= 4 is 48.7 Å². The molecule has 0 aliphatic rings. The summed E-state index contributed by atoms with van der Waals surface area (Å²) in [5.41, 5.74) is 2.66. The second kappa shape index (κ2) is 3.74.